The molecule has 2 aromatic rings. The molecule has 2 aromatic heterocycles. The summed E-state index contributed by atoms with van der Waals surface area (Å²) in [7, 11) is 3.48. The van der Waals surface area contributed by atoms with Crippen molar-refractivity contribution in [3.05, 3.63) is 26.7 Å². The molecular formula is C17H24N4O4. The highest BCUT2D eigenvalue weighted by atomic mass is 16.7. The average Bonchev–Trinajstić information content (AvgIpc) is 3.17. The standard InChI is InChI=1S/C17H24N4O4/c1-11-18-14-13(19(11)2)15(22)21(16(23)20(14)3)10-12-4-6-17(7-5-12)24-8-9-25-17/h12H,4-10H2,1-3H3. The maximum absolute atomic E-state index is 12.9. The molecule has 0 unspecified atom stereocenters. The van der Waals surface area contributed by atoms with Crippen molar-refractivity contribution in [2.24, 2.45) is 20.0 Å². The van der Waals surface area contributed by atoms with Gasteiger partial charge in [0, 0.05) is 33.5 Å². The van der Waals surface area contributed by atoms with Crippen molar-refractivity contribution in [1.29, 1.82) is 0 Å². The third-order valence-electron chi connectivity index (χ3n) is 5.70. The highest BCUT2D eigenvalue weighted by Gasteiger charge is 2.40. The normalized spacial score (nSPS) is 20.8. The lowest BCUT2D eigenvalue weighted by Crippen LogP contribution is -2.43. The largest absolute Gasteiger partial charge is 0.348 e. The number of fused-ring (bicyclic) bond motifs is 1. The molecular weight excluding hydrogens is 324 g/mol. The minimum Gasteiger partial charge on any atom is -0.348 e. The maximum Gasteiger partial charge on any atom is 0.332 e. The van der Waals surface area contributed by atoms with Gasteiger partial charge in [-0.3, -0.25) is 13.9 Å². The average molecular weight is 348 g/mol. The second-order valence-corrected chi connectivity index (χ2v) is 7.20. The summed E-state index contributed by atoms with van der Waals surface area (Å²) in [6, 6.07) is 0. The van der Waals surface area contributed by atoms with E-state index >= 15 is 0 Å². The summed E-state index contributed by atoms with van der Waals surface area (Å²) in [4.78, 5) is 29.9. The van der Waals surface area contributed by atoms with Gasteiger partial charge in [0.05, 0.1) is 13.2 Å². The van der Waals surface area contributed by atoms with Gasteiger partial charge in [-0.05, 0) is 25.7 Å². The molecule has 136 valence electrons. The molecule has 0 bridgehead atoms. The first-order chi connectivity index (χ1) is 11.9. The summed E-state index contributed by atoms with van der Waals surface area (Å²) in [5.74, 6) is 0.570. The number of hydrogen-bond acceptors (Lipinski definition) is 5. The van der Waals surface area contributed by atoms with Crippen molar-refractivity contribution in [2.45, 2.75) is 44.9 Å². The van der Waals surface area contributed by atoms with E-state index in [-0.39, 0.29) is 17.2 Å². The Morgan fingerprint density at radius 3 is 2.40 bits per heavy atom. The molecule has 8 heteroatoms. The topological polar surface area (TPSA) is 80.3 Å². The molecule has 8 nitrogen and oxygen atoms in total. The molecule has 2 fully saturated rings. The van der Waals surface area contributed by atoms with E-state index in [9.17, 15) is 9.59 Å². The van der Waals surface area contributed by atoms with Crippen molar-refractivity contribution in [1.82, 2.24) is 18.7 Å². The van der Waals surface area contributed by atoms with Crippen LogP contribution < -0.4 is 11.2 Å². The SMILES string of the molecule is Cc1nc2c(c(=O)n(CC3CCC4(CC3)OCCO4)c(=O)n2C)n1C. The van der Waals surface area contributed by atoms with Gasteiger partial charge in [0.15, 0.2) is 17.0 Å². The van der Waals surface area contributed by atoms with Crippen LogP contribution in [0.1, 0.15) is 31.5 Å². The lowest BCUT2D eigenvalue weighted by atomic mass is 9.85. The Balaban J connectivity index is 1.65. The number of rotatable bonds is 2. The van der Waals surface area contributed by atoms with Gasteiger partial charge in [-0.2, -0.15) is 0 Å². The Morgan fingerprint density at radius 1 is 1.12 bits per heavy atom. The quantitative estimate of drug-likeness (QED) is 0.797. The Bertz CT molecular complexity index is 923. The Hall–Kier alpha value is -1.93. The Labute approximate surface area is 145 Å². The third-order valence-corrected chi connectivity index (χ3v) is 5.70. The first-order valence-corrected chi connectivity index (χ1v) is 8.83. The fourth-order valence-electron chi connectivity index (χ4n) is 4.06. The number of hydrogen-bond donors (Lipinski definition) is 0. The predicted molar refractivity (Wildman–Crippen MR) is 91.5 cm³/mol. The summed E-state index contributed by atoms with van der Waals surface area (Å²) >= 11 is 0. The van der Waals surface area contributed by atoms with E-state index in [1.807, 2.05) is 6.92 Å². The molecule has 0 amide bonds. The van der Waals surface area contributed by atoms with Crippen LogP contribution in [0.4, 0.5) is 0 Å². The van der Waals surface area contributed by atoms with Crippen LogP contribution in [0.3, 0.4) is 0 Å². The highest BCUT2D eigenvalue weighted by molar-refractivity contribution is 5.70. The molecule has 1 saturated carbocycles. The zero-order chi connectivity index (χ0) is 17.8. The second-order valence-electron chi connectivity index (χ2n) is 7.20. The van der Waals surface area contributed by atoms with Gasteiger partial charge in [0.25, 0.3) is 5.56 Å². The molecule has 0 aromatic carbocycles. The summed E-state index contributed by atoms with van der Waals surface area (Å²) < 4.78 is 16.1. The molecule has 1 saturated heterocycles. The van der Waals surface area contributed by atoms with Gasteiger partial charge < -0.3 is 14.0 Å². The van der Waals surface area contributed by atoms with Gasteiger partial charge in [-0.15, -0.1) is 0 Å². The van der Waals surface area contributed by atoms with Crippen LogP contribution in [-0.4, -0.2) is 37.7 Å². The van der Waals surface area contributed by atoms with Gasteiger partial charge in [0.1, 0.15) is 5.82 Å². The van der Waals surface area contributed by atoms with Crippen molar-refractivity contribution in [3.63, 3.8) is 0 Å². The smallest absolute Gasteiger partial charge is 0.332 e. The van der Waals surface area contributed by atoms with Gasteiger partial charge in [0.2, 0.25) is 0 Å². The van der Waals surface area contributed by atoms with Crippen molar-refractivity contribution >= 4 is 11.2 Å². The van der Waals surface area contributed by atoms with Crippen LogP contribution in [0.15, 0.2) is 9.59 Å². The van der Waals surface area contributed by atoms with Crippen molar-refractivity contribution in [3.8, 4) is 0 Å². The summed E-state index contributed by atoms with van der Waals surface area (Å²) in [6.07, 6.45) is 3.41. The summed E-state index contributed by atoms with van der Waals surface area (Å²) in [6.45, 7) is 3.57. The molecule has 0 radical (unpaired) electrons. The molecule has 25 heavy (non-hydrogen) atoms. The number of aryl methyl sites for hydroxylation is 3. The van der Waals surface area contributed by atoms with Crippen LogP contribution in [0.5, 0.6) is 0 Å². The molecule has 4 rings (SSSR count). The van der Waals surface area contributed by atoms with Gasteiger partial charge in [-0.1, -0.05) is 0 Å². The molecule has 0 N–H and O–H groups in total. The fourth-order valence-corrected chi connectivity index (χ4v) is 4.06. The van der Waals surface area contributed by atoms with Crippen LogP contribution in [0, 0.1) is 12.8 Å². The number of imidazole rings is 1. The van der Waals surface area contributed by atoms with Gasteiger partial charge >= 0.3 is 5.69 Å². The van der Waals surface area contributed by atoms with E-state index in [4.69, 9.17) is 9.47 Å². The number of nitrogens with zero attached hydrogens (tertiary/aromatic N) is 4. The maximum atomic E-state index is 12.9. The van der Waals surface area contributed by atoms with Crippen LogP contribution in [0.2, 0.25) is 0 Å². The first-order valence-electron chi connectivity index (χ1n) is 8.83. The minimum absolute atomic E-state index is 0.255. The lowest BCUT2D eigenvalue weighted by Gasteiger charge is -2.35. The van der Waals surface area contributed by atoms with Crippen molar-refractivity contribution in [2.75, 3.05) is 13.2 Å². The zero-order valence-electron chi connectivity index (χ0n) is 14.9. The molecule has 3 heterocycles. The summed E-state index contributed by atoms with van der Waals surface area (Å²) in [5, 5.41) is 0. The molecule has 1 aliphatic heterocycles. The lowest BCUT2D eigenvalue weighted by molar-refractivity contribution is -0.183. The van der Waals surface area contributed by atoms with E-state index < -0.39 is 5.79 Å². The predicted octanol–water partition coefficient (Wildman–Crippen LogP) is 0.675. The van der Waals surface area contributed by atoms with Gasteiger partial charge in [-0.25, -0.2) is 9.78 Å². The Morgan fingerprint density at radius 2 is 1.76 bits per heavy atom. The molecule has 1 aliphatic carbocycles. The van der Waals surface area contributed by atoms with Crippen molar-refractivity contribution < 1.29 is 9.47 Å². The zero-order valence-corrected chi connectivity index (χ0v) is 14.9. The van der Waals surface area contributed by atoms with E-state index in [1.165, 1.54) is 9.13 Å². The summed E-state index contributed by atoms with van der Waals surface area (Å²) in [5.41, 5.74) is 0.370. The molecule has 0 atom stereocenters. The Kier molecular flexibility index (Phi) is 3.84. The first kappa shape index (κ1) is 16.5. The van der Waals surface area contributed by atoms with E-state index in [0.29, 0.717) is 30.9 Å². The molecule has 2 aliphatic rings. The third kappa shape index (κ3) is 2.55. The van der Waals surface area contributed by atoms with E-state index in [1.54, 1.807) is 18.7 Å². The number of ether oxygens (including phenoxy) is 2. The van der Waals surface area contributed by atoms with Crippen LogP contribution in [-0.2, 0) is 30.1 Å². The monoisotopic (exact) mass is 348 g/mol. The van der Waals surface area contributed by atoms with E-state index in [0.717, 1.165) is 31.5 Å². The van der Waals surface area contributed by atoms with Crippen LogP contribution >= 0.6 is 0 Å². The highest BCUT2D eigenvalue weighted by Crippen LogP contribution is 2.38. The molecule has 1 spiro atoms. The van der Waals surface area contributed by atoms with E-state index in [2.05, 4.69) is 4.98 Å². The van der Waals surface area contributed by atoms with Crippen LogP contribution in [0.25, 0.3) is 11.2 Å². The minimum atomic E-state index is -0.421. The second kappa shape index (κ2) is 5.81. The fraction of sp³-hybridized carbons (Fsp3) is 0.706. The number of aromatic nitrogens is 4.